The van der Waals surface area contributed by atoms with Crippen molar-refractivity contribution in [3.8, 4) is 0 Å². The molecule has 0 aliphatic carbocycles. The largest absolute Gasteiger partial charge is 0.513 e. The average molecular weight is 156 g/mol. The third kappa shape index (κ3) is 9.24. The zero-order valence-electron chi connectivity index (χ0n) is 6.79. The molecule has 0 aromatic heterocycles. The highest BCUT2D eigenvalue weighted by Crippen LogP contribution is 1.99. The maximum Gasteiger partial charge on any atom is 0.0854 e. The Labute approximate surface area is 67.9 Å². The molecule has 0 aliphatic heterocycles. The van der Waals surface area contributed by atoms with E-state index in [2.05, 4.69) is 6.58 Å². The van der Waals surface area contributed by atoms with E-state index in [1.54, 1.807) is 0 Å². The Morgan fingerprint density at radius 1 is 1.27 bits per heavy atom. The standard InChI is InChI=1S/C9H16O2/c1-9(11)7-5-3-2-4-6-8-10/h2-3,10-11H,1,4-8H2. The minimum atomic E-state index is 0.233. The minimum Gasteiger partial charge on any atom is -0.513 e. The van der Waals surface area contributed by atoms with Crippen LogP contribution in [-0.4, -0.2) is 16.8 Å². The fourth-order valence-corrected chi connectivity index (χ4v) is 0.695. The fraction of sp³-hybridized carbons (Fsp3) is 0.556. The second kappa shape index (κ2) is 7.35. The second-order valence-corrected chi connectivity index (χ2v) is 2.44. The van der Waals surface area contributed by atoms with E-state index < -0.39 is 0 Å². The normalized spacial score (nSPS) is 10.6. The molecule has 0 radical (unpaired) electrons. The van der Waals surface area contributed by atoms with E-state index in [0.29, 0.717) is 6.42 Å². The van der Waals surface area contributed by atoms with Crippen molar-refractivity contribution in [2.45, 2.75) is 25.7 Å². The van der Waals surface area contributed by atoms with Crippen LogP contribution < -0.4 is 0 Å². The molecule has 0 saturated carbocycles. The summed E-state index contributed by atoms with van der Waals surface area (Å²) in [7, 11) is 0. The molecule has 0 aliphatic rings. The van der Waals surface area contributed by atoms with Crippen LogP contribution in [0.4, 0.5) is 0 Å². The van der Waals surface area contributed by atoms with Gasteiger partial charge in [0, 0.05) is 13.0 Å². The topological polar surface area (TPSA) is 40.5 Å². The van der Waals surface area contributed by atoms with Gasteiger partial charge in [-0.15, -0.1) is 0 Å². The van der Waals surface area contributed by atoms with Crippen molar-refractivity contribution in [2.24, 2.45) is 0 Å². The summed E-state index contributed by atoms with van der Waals surface area (Å²) in [6.07, 6.45) is 7.21. The first-order chi connectivity index (χ1) is 5.27. The summed E-state index contributed by atoms with van der Waals surface area (Å²) in [5.41, 5.74) is 0. The van der Waals surface area contributed by atoms with Gasteiger partial charge in [-0.1, -0.05) is 18.7 Å². The van der Waals surface area contributed by atoms with Crippen LogP contribution in [0.15, 0.2) is 24.5 Å². The molecule has 0 fully saturated rings. The Balaban J connectivity index is 3.10. The van der Waals surface area contributed by atoms with Crippen LogP contribution >= 0.6 is 0 Å². The molecule has 0 spiro atoms. The highest BCUT2D eigenvalue weighted by molar-refractivity contribution is 4.87. The van der Waals surface area contributed by atoms with Gasteiger partial charge in [0.25, 0.3) is 0 Å². The summed E-state index contributed by atoms with van der Waals surface area (Å²) in [4.78, 5) is 0. The minimum absolute atomic E-state index is 0.233. The van der Waals surface area contributed by atoms with Crippen LogP contribution in [0.2, 0.25) is 0 Å². The molecule has 0 unspecified atom stereocenters. The lowest BCUT2D eigenvalue weighted by atomic mass is 10.2. The van der Waals surface area contributed by atoms with Gasteiger partial charge in [0.2, 0.25) is 0 Å². The molecule has 0 amide bonds. The first-order valence-electron chi connectivity index (χ1n) is 3.90. The van der Waals surface area contributed by atoms with E-state index in [1.165, 1.54) is 0 Å². The zero-order valence-corrected chi connectivity index (χ0v) is 6.79. The van der Waals surface area contributed by atoms with Gasteiger partial charge in [-0.2, -0.15) is 0 Å². The maximum atomic E-state index is 8.69. The van der Waals surface area contributed by atoms with Gasteiger partial charge >= 0.3 is 0 Å². The van der Waals surface area contributed by atoms with Crippen molar-refractivity contribution in [3.63, 3.8) is 0 Å². The molecule has 11 heavy (non-hydrogen) atoms. The van der Waals surface area contributed by atoms with Gasteiger partial charge in [-0.05, 0) is 19.3 Å². The van der Waals surface area contributed by atoms with Crippen LogP contribution in [0, 0.1) is 0 Å². The molecule has 0 saturated heterocycles. The van der Waals surface area contributed by atoms with Gasteiger partial charge in [0.1, 0.15) is 0 Å². The summed E-state index contributed by atoms with van der Waals surface area (Å²) < 4.78 is 0. The monoisotopic (exact) mass is 156 g/mol. The Hall–Kier alpha value is -0.760. The molecule has 2 heteroatoms. The lowest BCUT2D eigenvalue weighted by Gasteiger charge is -1.91. The summed E-state index contributed by atoms with van der Waals surface area (Å²) in [5, 5.41) is 17.1. The van der Waals surface area contributed by atoms with Crippen molar-refractivity contribution in [3.05, 3.63) is 24.5 Å². The van der Waals surface area contributed by atoms with Gasteiger partial charge in [-0.3, -0.25) is 0 Å². The second-order valence-electron chi connectivity index (χ2n) is 2.44. The summed E-state index contributed by atoms with van der Waals surface area (Å²) in [6, 6.07) is 0. The molecule has 0 rings (SSSR count). The van der Waals surface area contributed by atoms with Crippen molar-refractivity contribution in [1.82, 2.24) is 0 Å². The smallest absolute Gasteiger partial charge is 0.0854 e. The van der Waals surface area contributed by atoms with E-state index in [0.717, 1.165) is 19.3 Å². The van der Waals surface area contributed by atoms with Crippen molar-refractivity contribution >= 4 is 0 Å². The Morgan fingerprint density at radius 3 is 2.45 bits per heavy atom. The molecule has 0 atom stereocenters. The van der Waals surface area contributed by atoms with Crippen LogP contribution in [0.1, 0.15) is 25.7 Å². The highest BCUT2D eigenvalue weighted by Gasteiger charge is 1.84. The molecule has 0 aromatic carbocycles. The van der Waals surface area contributed by atoms with E-state index in [1.807, 2.05) is 12.2 Å². The first-order valence-corrected chi connectivity index (χ1v) is 3.90. The van der Waals surface area contributed by atoms with E-state index in [-0.39, 0.29) is 12.4 Å². The lowest BCUT2D eigenvalue weighted by molar-refractivity contribution is 0.289. The third-order valence-electron chi connectivity index (χ3n) is 1.30. The number of hydrogen-bond donors (Lipinski definition) is 2. The molecule has 0 aromatic rings. The number of unbranched alkanes of at least 4 members (excludes halogenated alkanes) is 1. The van der Waals surface area contributed by atoms with Gasteiger partial charge in [-0.25, -0.2) is 0 Å². The first kappa shape index (κ1) is 10.2. The molecule has 2 nitrogen and oxygen atoms in total. The third-order valence-corrected chi connectivity index (χ3v) is 1.30. The highest BCUT2D eigenvalue weighted by atomic mass is 16.3. The molecule has 64 valence electrons. The van der Waals surface area contributed by atoms with Gasteiger partial charge < -0.3 is 10.2 Å². The molecule has 0 heterocycles. The molecule has 2 N–H and O–H groups in total. The quantitative estimate of drug-likeness (QED) is 0.351. The van der Waals surface area contributed by atoms with Crippen molar-refractivity contribution < 1.29 is 10.2 Å². The van der Waals surface area contributed by atoms with Crippen LogP contribution in [-0.2, 0) is 0 Å². The van der Waals surface area contributed by atoms with Crippen molar-refractivity contribution in [2.75, 3.05) is 6.61 Å². The fourth-order valence-electron chi connectivity index (χ4n) is 0.695. The summed E-state index contributed by atoms with van der Waals surface area (Å²) in [5.74, 6) is 0.233. The van der Waals surface area contributed by atoms with Gasteiger partial charge in [0.05, 0.1) is 5.76 Å². The lowest BCUT2D eigenvalue weighted by Crippen LogP contribution is -1.79. The van der Waals surface area contributed by atoms with E-state index in [4.69, 9.17) is 10.2 Å². The SMILES string of the molecule is C=C(O)CCC=CCCCO. The molecular formula is C9H16O2. The predicted molar refractivity (Wildman–Crippen MR) is 46.5 cm³/mol. The van der Waals surface area contributed by atoms with Crippen LogP contribution in [0.3, 0.4) is 0 Å². The molecule has 0 bridgehead atoms. The number of aliphatic hydroxyl groups is 2. The summed E-state index contributed by atoms with van der Waals surface area (Å²) >= 11 is 0. The predicted octanol–water partition coefficient (Wildman–Crippen LogP) is 2.17. The molecular weight excluding hydrogens is 140 g/mol. The number of hydrogen-bond acceptors (Lipinski definition) is 2. The van der Waals surface area contributed by atoms with Crippen molar-refractivity contribution in [1.29, 1.82) is 0 Å². The van der Waals surface area contributed by atoms with Crippen LogP contribution in [0.25, 0.3) is 0 Å². The zero-order chi connectivity index (χ0) is 8.53. The number of rotatable bonds is 6. The Morgan fingerprint density at radius 2 is 1.91 bits per heavy atom. The van der Waals surface area contributed by atoms with Gasteiger partial charge in [0.15, 0.2) is 0 Å². The number of allylic oxidation sites excluding steroid dienone is 3. The maximum absolute atomic E-state index is 8.69. The average Bonchev–Trinajstić information content (AvgIpc) is 1.96. The number of aliphatic hydroxyl groups excluding tert-OH is 2. The van der Waals surface area contributed by atoms with E-state index in [9.17, 15) is 0 Å². The van der Waals surface area contributed by atoms with Crippen LogP contribution in [0.5, 0.6) is 0 Å². The van der Waals surface area contributed by atoms with E-state index >= 15 is 0 Å². The Bertz CT molecular complexity index is 128. The Kier molecular flexibility index (Phi) is 6.84. The summed E-state index contributed by atoms with van der Waals surface area (Å²) in [6.45, 7) is 3.62.